The van der Waals surface area contributed by atoms with Gasteiger partial charge in [-0.2, -0.15) is 5.06 Å². The van der Waals surface area contributed by atoms with E-state index in [1.54, 1.807) is 0 Å². The van der Waals surface area contributed by atoms with Crippen LogP contribution in [0.2, 0.25) is 0 Å². The molecular formula is C12H21NO3. The normalized spacial score (nSPS) is 25.1. The number of piperidine rings is 1. The van der Waals surface area contributed by atoms with E-state index in [4.69, 9.17) is 4.74 Å². The fourth-order valence-corrected chi connectivity index (χ4v) is 2.62. The molecule has 0 aliphatic carbocycles. The van der Waals surface area contributed by atoms with E-state index in [-0.39, 0.29) is 11.9 Å². The minimum absolute atomic E-state index is 0.189. The van der Waals surface area contributed by atoms with Crippen LogP contribution in [-0.2, 0) is 9.53 Å². The van der Waals surface area contributed by atoms with Crippen LogP contribution in [0.3, 0.4) is 0 Å². The maximum absolute atomic E-state index is 11.7. The van der Waals surface area contributed by atoms with E-state index in [0.717, 1.165) is 6.26 Å². The summed E-state index contributed by atoms with van der Waals surface area (Å²) in [5.41, 5.74) is -0.848. The molecule has 1 aliphatic rings. The van der Waals surface area contributed by atoms with Gasteiger partial charge in [-0.25, -0.2) is 0 Å². The van der Waals surface area contributed by atoms with Crippen LogP contribution < -0.4 is 0 Å². The van der Waals surface area contributed by atoms with Gasteiger partial charge < -0.3 is 9.94 Å². The SMILES string of the molecule is C=COC(=O)C1CC(C)(C)N(O)C(C)(C)C1. The number of hydrogen-bond acceptors (Lipinski definition) is 4. The van der Waals surface area contributed by atoms with Crippen molar-refractivity contribution in [3.8, 4) is 0 Å². The van der Waals surface area contributed by atoms with Crippen molar-refractivity contribution in [1.82, 2.24) is 5.06 Å². The van der Waals surface area contributed by atoms with Crippen LogP contribution in [0.25, 0.3) is 0 Å². The Morgan fingerprint density at radius 3 is 2.19 bits per heavy atom. The van der Waals surface area contributed by atoms with E-state index in [1.807, 2.05) is 27.7 Å². The molecule has 0 aromatic rings. The van der Waals surface area contributed by atoms with Gasteiger partial charge in [0.1, 0.15) is 0 Å². The number of hydrogen-bond donors (Lipinski definition) is 1. The van der Waals surface area contributed by atoms with Crippen LogP contribution in [-0.4, -0.2) is 27.3 Å². The number of ether oxygens (including phenoxy) is 1. The van der Waals surface area contributed by atoms with Crippen molar-refractivity contribution in [2.24, 2.45) is 5.92 Å². The molecule has 92 valence electrons. The van der Waals surface area contributed by atoms with E-state index in [0.29, 0.717) is 12.8 Å². The second-order valence-corrected chi connectivity index (χ2v) is 5.65. The van der Waals surface area contributed by atoms with Gasteiger partial charge in [0.05, 0.1) is 12.2 Å². The summed E-state index contributed by atoms with van der Waals surface area (Å²) in [5, 5.41) is 11.4. The third kappa shape index (κ3) is 2.44. The molecular weight excluding hydrogens is 206 g/mol. The van der Waals surface area contributed by atoms with E-state index in [9.17, 15) is 10.0 Å². The standard InChI is InChI=1S/C12H21NO3/c1-6-16-10(14)9-7-11(2,3)13(15)12(4,5)8-9/h6,9,15H,1,7-8H2,2-5H3. The number of carbonyl (C=O) groups excluding carboxylic acids is 1. The van der Waals surface area contributed by atoms with Gasteiger partial charge in [0.25, 0.3) is 0 Å². The van der Waals surface area contributed by atoms with Gasteiger partial charge in [-0.15, -0.1) is 0 Å². The molecule has 0 amide bonds. The molecule has 1 fully saturated rings. The summed E-state index contributed by atoms with van der Waals surface area (Å²) < 4.78 is 4.83. The van der Waals surface area contributed by atoms with Gasteiger partial charge in [-0.05, 0) is 40.5 Å². The van der Waals surface area contributed by atoms with Gasteiger partial charge in [0.15, 0.2) is 0 Å². The average Bonchev–Trinajstić information content (AvgIpc) is 2.13. The second kappa shape index (κ2) is 4.18. The Hall–Kier alpha value is -0.870. The minimum Gasteiger partial charge on any atom is -0.435 e. The summed E-state index contributed by atoms with van der Waals surface area (Å²) in [7, 11) is 0. The lowest BCUT2D eigenvalue weighted by Gasteiger charge is -2.50. The van der Waals surface area contributed by atoms with Crippen molar-refractivity contribution in [3.05, 3.63) is 12.8 Å². The van der Waals surface area contributed by atoms with Gasteiger partial charge in [-0.3, -0.25) is 4.79 Å². The van der Waals surface area contributed by atoms with Crippen LogP contribution in [0.15, 0.2) is 12.8 Å². The summed E-state index contributed by atoms with van der Waals surface area (Å²) in [6, 6.07) is 0. The van der Waals surface area contributed by atoms with Crippen LogP contribution in [0.5, 0.6) is 0 Å². The molecule has 1 N–H and O–H groups in total. The summed E-state index contributed by atoms with van der Waals surface area (Å²) in [6.45, 7) is 11.1. The molecule has 0 radical (unpaired) electrons. The van der Waals surface area contributed by atoms with Gasteiger partial charge in [0.2, 0.25) is 0 Å². The Labute approximate surface area is 96.8 Å². The zero-order valence-corrected chi connectivity index (χ0v) is 10.5. The molecule has 16 heavy (non-hydrogen) atoms. The van der Waals surface area contributed by atoms with E-state index in [1.165, 1.54) is 5.06 Å². The highest BCUT2D eigenvalue weighted by atomic mass is 16.5. The first kappa shape index (κ1) is 13.2. The number of rotatable bonds is 2. The smallest absolute Gasteiger partial charge is 0.313 e. The first-order valence-electron chi connectivity index (χ1n) is 5.51. The predicted molar refractivity (Wildman–Crippen MR) is 60.8 cm³/mol. The number of hydroxylamine groups is 2. The second-order valence-electron chi connectivity index (χ2n) is 5.65. The highest BCUT2D eigenvalue weighted by Gasteiger charge is 2.47. The molecule has 1 saturated heterocycles. The van der Waals surface area contributed by atoms with Gasteiger partial charge >= 0.3 is 5.97 Å². The molecule has 0 aromatic heterocycles. The Morgan fingerprint density at radius 2 is 1.81 bits per heavy atom. The summed E-state index contributed by atoms with van der Waals surface area (Å²) in [5.74, 6) is -0.448. The lowest BCUT2D eigenvalue weighted by molar-refractivity contribution is -0.251. The van der Waals surface area contributed by atoms with Gasteiger partial charge in [-0.1, -0.05) is 6.58 Å². The summed E-state index contributed by atoms with van der Waals surface area (Å²) in [6.07, 6.45) is 2.33. The first-order valence-corrected chi connectivity index (χ1v) is 5.51. The minimum atomic E-state index is -0.424. The molecule has 0 saturated carbocycles. The van der Waals surface area contributed by atoms with E-state index >= 15 is 0 Å². The lowest BCUT2D eigenvalue weighted by atomic mass is 9.75. The zero-order chi connectivity index (χ0) is 12.6. The Balaban J connectivity index is 2.86. The highest BCUT2D eigenvalue weighted by Crippen LogP contribution is 2.40. The maximum atomic E-state index is 11.7. The number of nitrogens with zero attached hydrogens (tertiary/aromatic N) is 1. The molecule has 1 rings (SSSR count). The van der Waals surface area contributed by atoms with E-state index < -0.39 is 11.1 Å². The molecule has 0 spiro atoms. The van der Waals surface area contributed by atoms with Crippen molar-refractivity contribution < 1.29 is 14.7 Å². The molecule has 1 heterocycles. The molecule has 1 aliphatic heterocycles. The fourth-order valence-electron chi connectivity index (χ4n) is 2.62. The molecule has 4 nitrogen and oxygen atoms in total. The van der Waals surface area contributed by atoms with Crippen LogP contribution in [0, 0.1) is 5.92 Å². The van der Waals surface area contributed by atoms with Crippen molar-refractivity contribution >= 4 is 5.97 Å². The fraction of sp³-hybridized carbons (Fsp3) is 0.750. The quantitative estimate of drug-likeness (QED) is 0.581. The lowest BCUT2D eigenvalue weighted by Crippen LogP contribution is -2.59. The Morgan fingerprint density at radius 1 is 1.38 bits per heavy atom. The van der Waals surface area contributed by atoms with Gasteiger partial charge in [0, 0.05) is 11.1 Å². The third-order valence-corrected chi connectivity index (χ3v) is 3.17. The molecule has 0 bridgehead atoms. The average molecular weight is 227 g/mol. The summed E-state index contributed by atoms with van der Waals surface area (Å²) >= 11 is 0. The third-order valence-electron chi connectivity index (χ3n) is 3.17. The van der Waals surface area contributed by atoms with Crippen LogP contribution >= 0.6 is 0 Å². The molecule has 0 unspecified atom stereocenters. The van der Waals surface area contributed by atoms with Crippen LogP contribution in [0.4, 0.5) is 0 Å². The van der Waals surface area contributed by atoms with Crippen molar-refractivity contribution in [2.45, 2.75) is 51.6 Å². The maximum Gasteiger partial charge on any atom is 0.313 e. The summed E-state index contributed by atoms with van der Waals surface area (Å²) in [4.78, 5) is 11.7. The number of esters is 1. The predicted octanol–water partition coefficient (Wildman–Crippen LogP) is 2.33. The molecule has 0 aromatic carbocycles. The first-order chi connectivity index (χ1) is 7.20. The monoisotopic (exact) mass is 227 g/mol. The van der Waals surface area contributed by atoms with Crippen molar-refractivity contribution in [1.29, 1.82) is 0 Å². The topological polar surface area (TPSA) is 49.8 Å². The van der Waals surface area contributed by atoms with Crippen LogP contribution in [0.1, 0.15) is 40.5 Å². The Kier molecular flexibility index (Phi) is 3.45. The highest BCUT2D eigenvalue weighted by molar-refractivity contribution is 5.73. The van der Waals surface area contributed by atoms with Crippen molar-refractivity contribution in [3.63, 3.8) is 0 Å². The molecule has 0 atom stereocenters. The van der Waals surface area contributed by atoms with E-state index in [2.05, 4.69) is 6.58 Å². The zero-order valence-electron chi connectivity index (χ0n) is 10.5. The molecule has 4 heteroatoms. The largest absolute Gasteiger partial charge is 0.435 e. The Bertz CT molecular complexity index is 279. The number of carbonyl (C=O) groups is 1. The van der Waals surface area contributed by atoms with Crippen molar-refractivity contribution in [2.75, 3.05) is 0 Å².